The lowest BCUT2D eigenvalue weighted by atomic mass is 9.99. The molecule has 9 heteroatoms. The summed E-state index contributed by atoms with van der Waals surface area (Å²) in [6, 6.07) is 10.6. The van der Waals surface area contributed by atoms with Gasteiger partial charge >= 0.3 is 0 Å². The first-order valence-electron chi connectivity index (χ1n) is 10.6. The Bertz CT molecular complexity index is 1770. The highest BCUT2D eigenvalue weighted by Crippen LogP contribution is 2.44. The molecule has 9 nitrogen and oxygen atoms in total. The van der Waals surface area contributed by atoms with Crippen LogP contribution in [0.2, 0.25) is 0 Å². The van der Waals surface area contributed by atoms with Gasteiger partial charge in [-0.25, -0.2) is 4.98 Å². The van der Waals surface area contributed by atoms with Crippen molar-refractivity contribution in [1.29, 1.82) is 0 Å². The third kappa shape index (κ3) is 2.80. The molecule has 0 saturated heterocycles. The van der Waals surface area contributed by atoms with Crippen molar-refractivity contribution < 1.29 is 19.4 Å². The fourth-order valence-electron chi connectivity index (χ4n) is 4.66. The number of carbonyl (C=O) groups is 1. The second-order valence-electron chi connectivity index (χ2n) is 8.42. The largest absolute Gasteiger partial charge is 0.492 e. The van der Waals surface area contributed by atoms with Gasteiger partial charge in [-0.05, 0) is 61.4 Å². The van der Waals surface area contributed by atoms with E-state index < -0.39 is 0 Å². The Balaban J connectivity index is 1.40. The van der Waals surface area contributed by atoms with Crippen molar-refractivity contribution in [2.45, 2.75) is 20.4 Å². The number of amides is 1. The number of nitrogen functional groups attached to an aromatic ring is 1. The van der Waals surface area contributed by atoms with Crippen LogP contribution in [-0.2, 0) is 6.54 Å². The van der Waals surface area contributed by atoms with E-state index in [9.17, 15) is 15.0 Å². The highest BCUT2D eigenvalue weighted by molar-refractivity contribution is 6.28. The summed E-state index contributed by atoms with van der Waals surface area (Å²) in [4.78, 5) is 17.2. The van der Waals surface area contributed by atoms with Crippen molar-refractivity contribution >= 4 is 55.2 Å². The van der Waals surface area contributed by atoms with Crippen LogP contribution in [-0.4, -0.2) is 31.3 Å². The Morgan fingerprint density at radius 3 is 2.18 bits per heavy atom. The van der Waals surface area contributed by atoms with Gasteiger partial charge in [-0.1, -0.05) is 0 Å². The second-order valence-corrected chi connectivity index (χ2v) is 8.42. The number of pyridine rings is 1. The molecule has 6 rings (SSSR count). The average Bonchev–Trinajstić information content (AvgIpc) is 3.36. The first-order chi connectivity index (χ1) is 16.3. The number of anilines is 1. The zero-order valence-electron chi connectivity index (χ0n) is 18.3. The molecule has 0 radical (unpaired) electrons. The molecule has 0 saturated carbocycles. The van der Waals surface area contributed by atoms with Crippen LogP contribution in [0.25, 0.3) is 43.5 Å². The topological polar surface area (TPSA) is 147 Å². The van der Waals surface area contributed by atoms with E-state index in [1.54, 1.807) is 30.3 Å². The summed E-state index contributed by atoms with van der Waals surface area (Å²) in [6.07, 6.45) is 0. The average molecular weight is 453 g/mol. The molecule has 2 bridgehead atoms. The Labute approximate surface area is 192 Å². The Morgan fingerprint density at radius 1 is 0.912 bits per heavy atom. The van der Waals surface area contributed by atoms with Gasteiger partial charge in [-0.15, -0.1) is 10.2 Å². The predicted molar refractivity (Wildman–Crippen MR) is 128 cm³/mol. The molecule has 4 aromatic heterocycles. The van der Waals surface area contributed by atoms with Crippen molar-refractivity contribution in [3.05, 3.63) is 58.8 Å². The smallest absolute Gasteiger partial charge is 0.251 e. The molecule has 0 fully saturated rings. The number of furan rings is 2. The number of aryl methyl sites for hydroxylation is 2. The lowest BCUT2D eigenvalue weighted by molar-refractivity contribution is 0.0951. The quantitative estimate of drug-likeness (QED) is 0.293. The van der Waals surface area contributed by atoms with Crippen LogP contribution in [0.3, 0.4) is 0 Å². The van der Waals surface area contributed by atoms with Crippen LogP contribution in [0.15, 0.2) is 40.8 Å². The van der Waals surface area contributed by atoms with Gasteiger partial charge in [-0.3, -0.25) is 4.79 Å². The molecule has 5 N–H and O–H groups in total. The van der Waals surface area contributed by atoms with E-state index in [0.29, 0.717) is 39.9 Å². The standard InChI is InChI=1S/C25H19N5O4/c1-10-5-20(26)28-11(2)19(10)9-27-23(31)12-3-4-13-14(6-12)22-16-8-18-17(7-15(16)21(13)34-22)24(32)29-30-25(18)33/h3-8H,9H2,1-2H3,(H2,26,28)(H,27,31)(H,29,32)(H,30,33). The number of nitrogens with zero attached hydrogens (tertiary/aromatic N) is 3. The van der Waals surface area contributed by atoms with Gasteiger partial charge in [0, 0.05) is 39.3 Å². The van der Waals surface area contributed by atoms with Gasteiger partial charge in [-0.2, -0.15) is 0 Å². The summed E-state index contributed by atoms with van der Waals surface area (Å²) >= 11 is 0. The normalized spacial score (nSPS) is 11.8. The molecule has 168 valence electrons. The van der Waals surface area contributed by atoms with E-state index in [1.165, 1.54) is 0 Å². The first-order valence-corrected chi connectivity index (χ1v) is 10.6. The number of fused-ring (bicyclic) bond motifs is 9. The number of nitrogens with two attached hydrogens (primary N) is 1. The summed E-state index contributed by atoms with van der Waals surface area (Å²) in [5.41, 5.74) is 10.2. The minimum absolute atomic E-state index is 0.219. The molecule has 0 aliphatic heterocycles. The second kappa shape index (κ2) is 6.92. The minimum atomic E-state index is -0.278. The van der Waals surface area contributed by atoms with Crippen molar-refractivity contribution in [2.75, 3.05) is 5.73 Å². The van der Waals surface area contributed by atoms with Crippen LogP contribution >= 0.6 is 0 Å². The van der Waals surface area contributed by atoms with Crippen LogP contribution in [0.5, 0.6) is 11.8 Å². The minimum Gasteiger partial charge on any atom is -0.492 e. The Morgan fingerprint density at radius 2 is 1.53 bits per heavy atom. The third-order valence-corrected chi connectivity index (χ3v) is 6.34. The lowest BCUT2D eigenvalue weighted by Gasteiger charge is -2.11. The van der Waals surface area contributed by atoms with Gasteiger partial charge < -0.3 is 25.7 Å². The molecular weight excluding hydrogens is 434 g/mol. The van der Waals surface area contributed by atoms with Crippen LogP contribution in [0.4, 0.5) is 5.82 Å². The fourth-order valence-corrected chi connectivity index (χ4v) is 4.66. The van der Waals surface area contributed by atoms with Crippen molar-refractivity contribution in [3.8, 4) is 11.8 Å². The molecule has 2 aromatic carbocycles. The zero-order chi connectivity index (χ0) is 23.7. The van der Waals surface area contributed by atoms with Gasteiger partial charge in [0.05, 0.1) is 10.8 Å². The number of nitrogens with one attached hydrogen (secondary N) is 1. The number of hydrogen-bond acceptors (Lipinski definition) is 8. The highest BCUT2D eigenvalue weighted by Gasteiger charge is 2.21. The molecule has 6 aromatic rings. The predicted octanol–water partition coefficient (Wildman–Crippen LogP) is 4.06. The third-order valence-electron chi connectivity index (χ3n) is 6.34. The van der Waals surface area contributed by atoms with Gasteiger partial charge in [0.2, 0.25) is 11.8 Å². The SMILES string of the molecule is Cc1cc(N)nc(C)c1CNC(=O)c1ccc2c(c1)c1oc2c2cc3c(O)nnc(O)c3cc21. The van der Waals surface area contributed by atoms with E-state index in [2.05, 4.69) is 20.5 Å². The van der Waals surface area contributed by atoms with Crippen LogP contribution < -0.4 is 11.1 Å². The van der Waals surface area contributed by atoms with Crippen LogP contribution in [0.1, 0.15) is 27.2 Å². The summed E-state index contributed by atoms with van der Waals surface area (Å²) in [5.74, 6) is -0.307. The number of hydrogen-bond donors (Lipinski definition) is 4. The number of aromatic hydroxyl groups is 2. The lowest BCUT2D eigenvalue weighted by Crippen LogP contribution is -2.24. The summed E-state index contributed by atoms with van der Waals surface area (Å²) < 4.78 is 6.05. The zero-order valence-corrected chi connectivity index (χ0v) is 18.3. The number of rotatable bonds is 3. The fraction of sp³-hybridized carbons (Fsp3) is 0.120. The van der Waals surface area contributed by atoms with Crippen LogP contribution in [0, 0.1) is 13.8 Å². The number of carbonyl (C=O) groups excluding carboxylic acids is 1. The molecular formula is C25H19N5O4. The number of aromatic nitrogens is 3. The van der Waals surface area contributed by atoms with Gasteiger partial charge in [0.15, 0.2) is 0 Å². The van der Waals surface area contributed by atoms with Crippen molar-refractivity contribution in [3.63, 3.8) is 0 Å². The summed E-state index contributed by atoms with van der Waals surface area (Å²) in [6.45, 7) is 4.14. The van der Waals surface area contributed by atoms with Gasteiger partial charge in [0.25, 0.3) is 5.91 Å². The van der Waals surface area contributed by atoms with E-state index in [1.807, 2.05) is 19.9 Å². The molecule has 34 heavy (non-hydrogen) atoms. The molecule has 0 aliphatic rings. The van der Waals surface area contributed by atoms with E-state index in [-0.39, 0.29) is 17.7 Å². The maximum Gasteiger partial charge on any atom is 0.251 e. The number of benzene rings is 3. The van der Waals surface area contributed by atoms with Crippen molar-refractivity contribution in [2.24, 2.45) is 0 Å². The molecule has 1 amide bonds. The monoisotopic (exact) mass is 453 g/mol. The maximum atomic E-state index is 12.9. The first kappa shape index (κ1) is 20.0. The molecule has 4 heterocycles. The Kier molecular flexibility index (Phi) is 4.07. The molecule has 0 spiro atoms. The molecule has 0 aliphatic carbocycles. The van der Waals surface area contributed by atoms with Gasteiger partial charge in [0.1, 0.15) is 17.0 Å². The molecule has 0 unspecified atom stereocenters. The van der Waals surface area contributed by atoms with Crippen molar-refractivity contribution in [1.82, 2.24) is 20.5 Å². The maximum absolute atomic E-state index is 12.9. The summed E-state index contributed by atoms with van der Waals surface area (Å²) in [7, 11) is 0. The Hall–Kier alpha value is -4.66. The van der Waals surface area contributed by atoms with E-state index in [0.717, 1.165) is 38.4 Å². The molecule has 0 atom stereocenters. The highest BCUT2D eigenvalue weighted by atomic mass is 16.3. The summed E-state index contributed by atoms with van der Waals surface area (Å²) in [5, 5.41) is 34.2. The van der Waals surface area contributed by atoms with E-state index in [4.69, 9.17) is 10.2 Å². The van der Waals surface area contributed by atoms with E-state index >= 15 is 0 Å².